The molecule has 0 radical (unpaired) electrons. The van der Waals surface area contributed by atoms with Gasteiger partial charge in [-0.05, 0) is 42.5 Å². The first-order chi connectivity index (χ1) is 11.7. The lowest BCUT2D eigenvalue weighted by atomic mass is 10.1. The number of rotatable bonds is 1. The molecule has 4 rings (SSSR count). The third-order valence-electron chi connectivity index (χ3n) is 4.29. The van der Waals surface area contributed by atoms with Gasteiger partial charge in [0.15, 0.2) is 0 Å². The fourth-order valence-electron chi connectivity index (χ4n) is 3.12. The Morgan fingerprint density at radius 2 is 2.12 bits per heavy atom. The van der Waals surface area contributed by atoms with E-state index in [1.54, 1.807) is 17.3 Å². The molecule has 0 spiro atoms. The van der Waals surface area contributed by atoms with E-state index in [2.05, 4.69) is 20.6 Å². The summed E-state index contributed by atoms with van der Waals surface area (Å²) in [6.45, 7) is 0.643. The first-order valence-electron chi connectivity index (χ1n) is 8.02. The maximum atomic E-state index is 12.6. The van der Waals surface area contributed by atoms with Crippen molar-refractivity contribution in [3.8, 4) is 0 Å². The van der Waals surface area contributed by atoms with Crippen molar-refractivity contribution in [1.82, 2.24) is 9.97 Å². The van der Waals surface area contributed by atoms with E-state index in [9.17, 15) is 9.59 Å². The Morgan fingerprint density at radius 1 is 1.21 bits per heavy atom. The van der Waals surface area contributed by atoms with Crippen LogP contribution in [0, 0.1) is 0 Å². The van der Waals surface area contributed by atoms with Crippen molar-refractivity contribution in [1.29, 1.82) is 0 Å². The minimum absolute atomic E-state index is 0.0252. The average molecular weight is 323 g/mol. The Morgan fingerprint density at radius 3 is 3.04 bits per heavy atom. The highest BCUT2D eigenvalue weighted by atomic mass is 16.2. The molecular weight excluding hydrogens is 306 g/mol. The van der Waals surface area contributed by atoms with Crippen molar-refractivity contribution < 1.29 is 9.59 Å². The molecule has 0 aliphatic carbocycles. The zero-order valence-electron chi connectivity index (χ0n) is 13.1. The van der Waals surface area contributed by atoms with E-state index < -0.39 is 0 Å². The molecule has 122 valence electrons. The van der Waals surface area contributed by atoms with E-state index in [1.165, 1.54) is 0 Å². The molecule has 0 saturated carbocycles. The molecule has 3 amide bonds. The number of aromatic nitrogens is 2. The second-order valence-electron chi connectivity index (χ2n) is 5.95. The summed E-state index contributed by atoms with van der Waals surface area (Å²) < 4.78 is 0. The SMILES string of the molecule is O=C1CCc2cc(NC(=O)N3CCCc4cccnc43)cnc2N1. The lowest BCUT2D eigenvalue weighted by Crippen LogP contribution is -2.39. The van der Waals surface area contributed by atoms with Gasteiger partial charge in [0.25, 0.3) is 0 Å². The van der Waals surface area contributed by atoms with Gasteiger partial charge in [0, 0.05) is 19.2 Å². The fourth-order valence-corrected chi connectivity index (χ4v) is 3.12. The number of fused-ring (bicyclic) bond motifs is 2. The van der Waals surface area contributed by atoms with Gasteiger partial charge in [-0.2, -0.15) is 0 Å². The Balaban J connectivity index is 1.54. The van der Waals surface area contributed by atoms with E-state index in [4.69, 9.17) is 0 Å². The van der Waals surface area contributed by atoms with E-state index in [-0.39, 0.29) is 11.9 Å². The summed E-state index contributed by atoms with van der Waals surface area (Å²) in [7, 11) is 0. The highest BCUT2D eigenvalue weighted by Gasteiger charge is 2.24. The van der Waals surface area contributed by atoms with Crippen LogP contribution in [0.25, 0.3) is 0 Å². The molecule has 0 bridgehead atoms. The smallest absolute Gasteiger partial charge is 0.310 e. The van der Waals surface area contributed by atoms with Gasteiger partial charge in [-0.1, -0.05) is 6.07 Å². The van der Waals surface area contributed by atoms with E-state index in [0.717, 1.165) is 29.8 Å². The minimum Gasteiger partial charge on any atom is -0.310 e. The molecule has 0 atom stereocenters. The number of carbonyl (C=O) groups excluding carboxylic acids is 2. The van der Waals surface area contributed by atoms with Crippen molar-refractivity contribution >= 4 is 29.3 Å². The third kappa shape index (κ3) is 2.68. The van der Waals surface area contributed by atoms with Crippen LogP contribution in [0.3, 0.4) is 0 Å². The number of nitrogens with zero attached hydrogens (tertiary/aromatic N) is 3. The van der Waals surface area contributed by atoms with Crippen molar-refractivity contribution in [3.05, 3.63) is 41.7 Å². The number of amides is 3. The molecule has 0 aromatic carbocycles. The molecule has 7 nitrogen and oxygen atoms in total. The Labute approximate surface area is 139 Å². The summed E-state index contributed by atoms with van der Waals surface area (Å²) in [4.78, 5) is 34.2. The van der Waals surface area contributed by atoms with Crippen LogP contribution in [-0.4, -0.2) is 28.5 Å². The highest BCUT2D eigenvalue weighted by Crippen LogP contribution is 2.26. The lowest BCUT2D eigenvalue weighted by Gasteiger charge is -2.28. The first kappa shape index (κ1) is 14.6. The van der Waals surface area contributed by atoms with Crippen LogP contribution < -0.4 is 15.5 Å². The summed E-state index contributed by atoms with van der Waals surface area (Å²) in [5.41, 5.74) is 2.65. The van der Waals surface area contributed by atoms with Gasteiger partial charge in [-0.15, -0.1) is 0 Å². The molecule has 7 heteroatoms. The Hall–Kier alpha value is -2.96. The van der Waals surface area contributed by atoms with Gasteiger partial charge >= 0.3 is 6.03 Å². The molecular formula is C17H17N5O2. The fraction of sp³-hybridized carbons (Fsp3) is 0.294. The van der Waals surface area contributed by atoms with Crippen LogP contribution in [0.15, 0.2) is 30.6 Å². The van der Waals surface area contributed by atoms with Crippen LogP contribution in [0.5, 0.6) is 0 Å². The maximum Gasteiger partial charge on any atom is 0.327 e. The van der Waals surface area contributed by atoms with Gasteiger partial charge in [0.2, 0.25) is 5.91 Å². The van der Waals surface area contributed by atoms with Crippen molar-refractivity contribution in [2.24, 2.45) is 0 Å². The molecule has 4 heterocycles. The minimum atomic E-state index is -0.212. The van der Waals surface area contributed by atoms with Crippen LogP contribution in [0.4, 0.5) is 22.1 Å². The van der Waals surface area contributed by atoms with Crippen LogP contribution in [0.2, 0.25) is 0 Å². The predicted molar refractivity (Wildman–Crippen MR) is 90.1 cm³/mol. The summed E-state index contributed by atoms with van der Waals surface area (Å²) in [5, 5.41) is 5.62. The first-order valence-corrected chi connectivity index (χ1v) is 8.02. The standard InChI is InChI=1S/C17H17N5O2/c23-14-6-5-12-9-13(10-19-15(12)21-14)20-17(24)22-8-2-4-11-3-1-7-18-16(11)22/h1,3,7,9-10H,2,4-6,8H2,(H,20,24)(H,19,21,23). The van der Waals surface area contributed by atoms with Crippen LogP contribution >= 0.6 is 0 Å². The van der Waals surface area contributed by atoms with E-state index in [0.29, 0.717) is 30.9 Å². The number of aryl methyl sites for hydroxylation is 2. The monoisotopic (exact) mass is 323 g/mol. The molecule has 2 aliphatic rings. The topological polar surface area (TPSA) is 87.2 Å². The number of anilines is 3. The van der Waals surface area contributed by atoms with Gasteiger partial charge in [-0.25, -0.2) is 14.8 Å². The molecule has 0 fully saturated rings. The second-order valence-corrected chi connectivity index (χ2v) is 5.95. The largest absolute Gasteiger partial charge is 0.327 e. The van der Waals surface area contributed by atoms with Gasteiger partial charge in [0.05, 0.1) is 11.9 Å². The lowest BCUT2D eigenvalue weighted by molar-refractivity contribution is -0.116. The molecule has 2 aliphatic heterocycles. The summed E-state index contributed by atoms with van der Waals surface area (Å²) in [6, 6.07) is 5.55. The molecule has 0 saturated heterocycles. The number of pyridine rings is 2. The summed E-state index contributed by atoms with van der Waals surface area (Å²) in [5.74, 6) is 1.27. The van der Waals surface area contributed by atoms with Gasteiger partial charge in [0.1, 0.15) is 11.6 Å². The number of hydrogen-bond donors (Lipinski definition) is 2. The van der Waals surface area contributed by atoms with Crippen molar-refractivity contribution in [2.45, 2.75) is 25.7 Å². The summed E-state index contributed by atoms with van der Waals surface area (Å²) in [6.07, 6.45) is 6.19. The van der Waals surface area contributed by atoms with Gasteiger partial charge in [-0.3, -0.25) is 9.69 Å². The van der Waals surface area contributed by atoms with Crippen LogP contribution in [0.1, 0.15) is 24.0 Å². The van der Waals surface area contributed by atoms with Gasteiger partial charge < -0.3 is 10.6 Å². The zero-order chi connectivity index (χ0) is 16.5. The zero-order valence-corrected chi connectivity index (χ0v) is 13.1. The Bertz CT molecular complexity index is 820. The van der Waals surface area contributed by atoms with E-state index >= 15 is 0 Å². The number of hydrogen-bond acceptors (Lipinski definition) is 4. The van der Waals surface area contributed by atoms with E-state index in [1.807, 2.05) is 18.2 Å². The molecule has 2 aromatic rings. The Kier molecular flexibility index (Phi) is 3.60. The van der Waals surface area contributed by atoms with Crippen LogP contribution in [-0.2, 0) is 17.6 Å². The van der Waals surface area contributed by atoms with Crippen molar-refractivity contribution in [3.63, 3.8) is 0 Å². The number of carbonyl (C=O) groups is 2. The molecule has 0 unspecified atom stereocenters. The summed E-state index contributed by atoms with van der Waals surface area (Å²) >= 11 is 0. The average Bonchev–Trinajstić information content (AvgIpc) is 2.61. The number of nitrogens with one attached hydrogen (secondary N) is 2. The third-order valence-corrected chi connectivity index (χ3v) is 4.29. The maximum absolute atomic E-state index is 12.6. The second kappa shape index (κ2) is 5.92. The molecule has 24 heavy (non-hydrogen) atoms. The highest BCUT2D eigenvalue weighted by molar-refractivity contribution is 6.02. The number of urea groups is 1. The quantitative estimate of drug-likeness (QED) is 0.843. The normalized spacial score (nSPS) is 16.0. The molecule has 2 N–H and O–H groups in total. The predicted octanol–water partition coefficient (Wildman–Crippen LogP) is 2.35. The van der Waals surface area contributed by atoms with Crippen molar-refractivity contribution in [2.75, 3.05) is 22.1 Å². The molecule has 2 aromatic heterocycles.